The van der Waals surface area contributed by atoms with E-state index in [0.717, 1.165) is 5.56 Å². The van der Waals surface area contributed by atoms with Gasteiger partial charge < -0.3 is 19.5 Å². The standard InChI is InChI=1S/C21H18FN3O4/c22-15-7-5-14(6-8-15)16-9-10-20(25-24-16)27-12-11-23-21(26)19-13-28-17-3-1-2-4-18(17)29-19/h1-10,19H,11-13H2,(H,23,26)/t19-/m1/s1. The molecule has 7 nitrogen and oxygen atoms in total. The lowest BCUT2D eigenvalue weighted by molar-refractivity contribution is -0.130. The highest BCUT2D eigenvalue weighted by Crippen LogP contribution is 2.30. The first-order chi connectivity index (χ1) is 14.2. The van der Waals surface area contributed by atoms with Gasteiger partial charge in [-0.05, 0) is 42.5 Å². The molecule has 1 N–H and O–H groups in total. The molecule has 2 aromatic carbocycles. The highest BCUT2D eigenvalue weighted by Gasteiger charge is 2.26. The van der Waals surface area contributed by atoms with Crippen LogP contribution in [0.3, 0.4) is 0 Å². The second kappa shape index (κ2) is 8.55. The van der Waals surface area contributed by atoms with Crippen LogP contribution in [0.4, 0.5) is 4.39 Å². The van der Waals surface area contributed by atoms with Crippen molar-refractivity contribution in [2.75, 3.05) is 19.8 Å². The minimum atomic E-state index is -0.709. The number of halogens is 1. The van der Waals surface area contributed by atoms with E-state index in [4.69, 9.17) is 14.2 Å². The zero-order chi connectivity index (χ0) is 20.1. The van der Waals surface area contributed by atoms with E-state index >= 15 is 0 Å². The molecular weight excluding hydrogens is 377 g/mol. The number of fused-ring (bicyclic) bond motifs is 1. The fourth-order valence-corrected chi connectivity index (χ4v) is 2.76. The first kappa shape index (κ1) is 18.7. The molecule has 148 valence electrons. The smallest absolute Gasteiger partial charge is 0.264 e. The molecule has 3 aromatic rings. The molecule has 0 saturated carbocycles. The van der Waals surface area contributed by atoms with Crippen molar-refractivity contribution in [3.05, 3.63) is 66.5 Å². The van der Waals surface area contributed by atoms with Crippen LogP contribution in [0.5, 0.6) is 17.4 Å². The van der Waals surface area contributed by atoms with Gasteiger partial charge in [0.2, 0.25) is 12.0 Å². The van der Waals surface area contributed by atoms with Crippen LogP contribution in [0.1, 0.15) is 0 Å². The predicted molar refractivity (Wildman–Crippen MR) is 102 cm³/mol. The van der Waals surface area contributed by atoms with Gasteiger partial charge in [0.05, 0.1) is 12.2 Å². The third-order valence-corrected chi connectivity index (χ3v) is 4.23. The van der Waals surface area contributed by atoms with Crippen LogP contribution < -0.4 is 19.5 Å². The summed E-state index contributed by atoms with van der Waals surface area (Å²) in [6.45, 7) is 0.655. The Morgan fingerprint density at radius 2 is 1.86 bits per heavy atom. The molecule has 1 aliphatic rings. The number of carbonyl (C=O) groups is 1. The molecule has 2 heterocycles. The minimum absolute atomic E-state index is 0.153. The molecule has 0 fully saturated rings. The van der Waals surface area contributed by atoms with Gasteiger partial charge in [0, 0.05) is 11.6 Å². The van der Waals surface area contributed by atoms with Gasteiger partial charge in [-0.2, -0.15) is 0 Å². The largest absolute Gasteiger partial charge is 0.485 e. The second-order valence-electron chi connectivity index (χ2n) is 6.27. The van der Waals surface area contributed by atoms with Gasteiger partial charge in [0.1, 0.15) is 19.0 Å². The summed E-state index contributed by atoms with van der Waals surface area (Å²) in [6, 6.07) is 16.6. The van der Waals surface area contributed by atoms with Gasteiger partial charge in [-0.1, -0.05) is 12.1 Å². The summed E-state index contributed by atoms with van der Waals surface area (Å²) >= 11 is 0. The van der Waals surface area contributed by atoms with E-state index in [1.807, 2.05) is 12.1 Å². The Kier molecular flexibility index (Phi) is 5.51. The Morgan fingerprint density at radius 1 is 1.07 bits per heavy atom. The summed E-state index contributed by atoms with van der Waals surface area (Å²) in [5.41, 5.74) is 1.37. The van der Waals surface area contributed by atoms with Crippen LogP contribution in [0.25, 0.3) is 11.3 Å². The topological polar surface area (TPSA) is 82.6 Å². The molecule has 0 spiro atoms. The summed E-state index contributed by atoms with van der Waals surface area (Å²) in [5, 5.41) is 10.8. The van der Waals surface area contributed by atoms with Crippen molar-refractivity contribution < 1.29 is 23.4 Å². The van der Waals surface area contributed by atoms with E-state index in [1.165, 1.54) is 12.1 Å². The summed E-state index contributed by atoms with van der Waals surface area (Å²) in [5.74, 6) is 0.921. The third kappa shape index (κ3) is 4.60. The van der Waals surface area contributed by atoms with Crippen LogP contribution in [-0.4, -0.2) is 42.0 Å². The molecule has 0 radical (unpaired) electrons. The van der Waals surface area contributed by atoms with E-state index < -0.39 is 6.10 Å². The first-order valence-electron chi connectivity index (χ1n) is 9.08. The van der Waals surface area contributed by atoms with Gasteiger partial charge in [0.15, 0.2) is 11.5 Å². The van der Waals surface area contributed by atoms with Gasteiger partial charge in [-0.25, -0.2) is 4.39 Å². The van der Waals surface area contributed by atoms with Gasteiger partial charge in [-0.15, -0.1) is 10.2 Å². The highest BCUT2D eigenvalue weighted by atomic mass is 19.1. The zero-order valence-electron chi connectivity index (χ0n) is 15.4. The summed E-state index contributed by atoms with van der Waals surface area (Å²) in [7, 11) is 0. The number of aromatic nitrogens is 2. The molecule has 1 amide bonds. The van der Waals surface area contributed by atoms with Crippen LogP contribution in [0.2, 0.25) is 0 Å². The quantitative estimate of drug-likeness (QED) is 0.646. The van der Waals surface area contributed by atoms with Crippen LogP contribution in [0.15, 0.2) is 60.7 Å². The van der Waals surface area contributed by atoms with Crippen molar-refractivity contribution in [1.29, 1.82) is 0 Å². The number of para-hydroxylation sites is 2. The predicted octanol–water partition coefficient (Wildman–Crippen LogP) is 2.62. The molecule has 29 heavy (non-hydrogen) atoms. The number of rotatable bonds is 6. The first-order valence-corrected chi connectivity index (χ1v) is 9.08. The fraction of sp³-hybridized carbons (Fsp3) is 0.190. The summed E-state index contributed by atoms with van der Waals surface area (Å²) < 4.78 is 29.6. The Labute approximate surface area is 166 Å². The summed E-state index contributed by atoms with van der Waals surface area (Å²) in [4.78, 5) is 12.2. The molecule has 1 atom stereocenters. The van der Waals surface area contributed by atoms with E-state index in [2.05, 4.69) is 15.5 Å². The molecule has 0 unspecified atom stereocenters. The second-order valence-corrected chi connectivity index (χ2v) is 6.27. The number of carbonyl (C=O) groups excluding carboxylic acids is 1. The number of nitrogens with zero attached hydrogens (tertiary/aromatic N) is 2. The van der Waals surface area contributed by atoms with Crippen molar-refractivity contribution >= 4 is 5.91 Å². The van der Waals surface area contributed by atoms with Crippen LogP contribution in [0, 0.1) is 5.82 Å². The lowest BCUT2D eigenvalue weighted by Crippen LogP contribution is -2.45. The lowest BCUT2D eigenvalue weighted by atomic mass is 10.1. The Hall–Kier alpha value is -3.68. The number of hydrogen-bond donors (Lipinski definition) is 1. The number of benzene rings is 2. The zero-order valence-corrected chi connectivity index (χ0v) is 15.4. The maximum atomic E-state index is 13.0. The Bertz CT molecular complexity index is 980. The minimum Gasteiger partial charge on any atom is -0.485 e. The van der Waals surface area contributed by atoms with E-state index in [9.17, 15) is 9.18 Å². The van der Waals surface area contributed by atoms with E-state index in [1.54, 1.807) is 36.4 Å². The van der Waals surface area contributed by atoms with E-state index in [-0.39, 0.29) is 31.5 Å². The number of amides is 1. The number of hydrogen-bond acceptors (Lipinski definition) is 6. The highest BCUT2D eigenvalue weighted by molar-refractivity contribution is 5.81. The van der Waals surface area contributed by atoms with Gasteiger partial charge in [0.25, 0.3) is 5.91 Å². The molecule has 4 rings (SSSR count). The van der Waals surface area contributed by atoms with Crippen LogP contribution >= 0.6 is 0 Å². The van der Waals surface area contributed by atoms with Gasteiger partial charge >= 0.3 is 0 Å². The van der Waals surface area contributed by atoms with Crippen molar-refractivity contribution in [2.45, 2.75) is 6.10 Å². The van der Waals surface area contributed by atoms with E-state index in [0.29, 0.717) is 23.1 Å². The Morgan fingerprint density at radius 3 is 2.62 bits per heavy atom. The SMILES string of the molecule is O=C(NCCOc1ccc(-c2ccc(F)cc2)nn1)[C@H]1COc2ccccc2O1. The molecule has 8 heteroatoms. The maximum absolute atomic E-state index is 13.0. The average Bonchev–Trinajstić information content (AvgIpc) is 2.77. The van der Waals surface area contributed by atoms with Crippen molar-refractivity contribution in [3.8, 4) is 28.6 Å². The Balaban J connectivity index is 1.22. The molecule has 0 aliphatic carbocycles. The molecule has 1 aromatic heterocycles. The van der Waals surface area contributed by atoms with Crippen LogP contribution in [-0.2, 0) is 4.79 Å². The number of ether oxygens (including phenoxy) is 3. The maximum Gasteiger partial charge on any atom is 0.264 e. The molecular formula is C21H18FN3O4. The molecule has 0 saturated heterocycles. The molecule has 0 bridgehead atoms. The van der Waals surface area contributed by atoms with Crippen molar-refractivity contribution in [1.82, 2.24) is 15.5 Å². The van der Waals surface area contributed by atoms with Crippen molar-refractivity contribution in [3.63, 3.8) is 0 Å². The number of nitrogens with one attached hydrogen (secondary N) is 1. The average molecular weight is 395 g/mol. The molecule has 1 aliphatic heterocycles. The van der Waals surface area contributed by atoms with Gasteiger partial charge in [-0.3, -0.25) is 4.79 Å². The van der Waals surface area contributed by atoms with Crippen molar-refractivity contribution in [2.24, 2.45) is 0 Å². The lowest BCUT2D eigenvalue weighted by Gasteiger charge is -2.25. The monoisotopic (exact) mass is 395 g/mol. The fourth-order valence-electron chi connectivity index (χ4n) is 2.76. The normalized spacial score (nSPS) is 14.9. The third-order valence-electron chi connectivity index (χ3n) is 4.23. The summed E-state index contributed by atoms with van der Waals surface area (Å²) in [6.07, 6.45) is -0.709.